The lowest BCUT2D eigenvalue weighted by molar-refractivity contribution is -0.384. The highest BCUT2D eigenvalue weighted by Crippen LogP contribution is 2.36. The first kappa shape index (κ1) is 18.0. The fourth-order valence-electron chi connectivity index (χ4n) is 3.93. The summed E-state index contributed by atoms with van der Waals surface area (Å²) in [7, 11) is 0. The van der Waals surface area contributed by atoms with Crippen LogP contribution in [0.15, 0.2) is 12.1 Å². The van der Waals surface area contributed by atoms with Gasteiger partial charge in [0.05, 0.1) is 15.6 Å². The van der Waals surface area contributed by atoms with E-state index < -0.39 is 4.92 Å². The van der Waals surface area contributed by atoms with Gasteiger partial charge in [-0.25, -0.2) is 0 Å². The molecule has 2 saturated heterocycles. The Balaban J connectivity index is 1.60. The van der Waals surface area contributed by atoms with Gasteiger partial charge >= 0.3 is 0 Å². The second-order valence-corrected chi connectivity index (χ2v) is 7.48. The van der Waals surface area contributed by atoms with Gasteiger partial charge in [-0.15, -0.1) is 0 Å². The zero-order valence-corrected chi connectivity index (χ0v) is 15.3. The molecule has 7 heteroatoms. The molecule has 0 aromatic heterocycles. The summed E-state index contributed by atoms with van der Waals surface area (Å²) in [6, 6.07) is 3.00. The first-order valence-corrected chi connectivity index (χ1v) is 9.30. The molecule has 25 heavy (non-hydrogen) atoms. The van der Waals surface area contributed by atoms with Crippen LogP contribution in [0.5, 0.6) is 0 Å². The van der Waals surface area contributed by atoms with Crippen LogP contribution in [0, 0.1) is 23.0 Å². The van der Waals surface area contributed by atoms with E-state index in [-0.39, 0.29) is 5.69 Å². The van der Waals surface area contributed by atoms with E-state index in [0.717, 1.165) is 63.1 Å². The molecule has 1 aromatic carbocycles. The number of halogens is 1. The Morgan fingerprint density at radius 3 is 2.44 bits per heavy atom. The van der Waals surface area contributed by atoms with Gasteiger partial charge < -0.3 is 9.80 Å². The van der Waals surface area contributed by atoms with Gasteiger partial charge in [-0.1, -0.05) is 11.6 Å². The predicted octanol–water partition coefficient (Wildman–Crippen LogP) is 3.79. The summed E-state index contributed by atoms with van der Waals surface area (Å²) >= 11 is 6.31. The number of nitrogens with zero attached hydrogens (tertiary/aromatic N) is 3. The third-order valence-electron chi connectivity index (χ3n) is 5.30. The lowest BCUT2D eigenvalue weighted by Crippen LogP contribution is -2.37. The summed E-state index contributed by atoms with van der Waals surface area (Å²) in [5, 5.41) is 11.4. The van der Waals surface area contributed by atoms with Crippen LogP contribution < -0.4 is 4.90 Å². The Labute approximate surface area is 152 Å². The SMILES string of the molecule is Cc1cc([N+](=O)[O-])cc(Cl)c1N1CCC(CC(=O)N2CCCC2)CC1. The number of carbonyl (C=O) groups is 1. The molecule has 0 unspecified atom stereocenters. The Morgan fingerprint density at radius 2 is 1.88 bits per heavy atom. The first-order valence-electron chi connectivity index (χ1n) is 8.93. The van der Waals surface area contributed by atoms with E-state index in [4.69, 9.17) is 11.6 Å². The summed E-state index contributed by atoms with van der Waals surface area (Å²) in [5.74, 6) is 0.710. The van der Waals surface area contributed by atoms with Crippen molar-refractivity contribution >= 4 is 28.9 Å². The minimum absolute atomic E-state index is 0.0253. The van der Waals surface area contributed by atoms with Gasteiger partial charge in [-0.05, 0) is 44.1 Å². The Hall–Kier alpha value is -1.82. The topological polar surface area (TPSA) is 66.7 Å². The third kappa shape index (κ3) is 4.06. The van der Waals surface area contributed by atoms with Crippen LogP contribution in [0.25, 0.3) is 0 Å². The number of likely N-dealkylation sites (tertiary alicyclic amines) is 1. The number of nitro benzene ring substituents is 1. The molecule has 0 bridgehead atoms. The van der Waals surface area contributed by atoms with Crippen molar-refractivity contribution in [2.24, 2.45) is 5.92 Å². The molecule has 0 atom stereocenters. The number of rotatable bonds is 4. The number of hydrogen-bond acceptors (Lipinski definition) is 4. The smallest absolute Gasteiger partial charge is 0.271 e. The number of nitro groups is 1. The molecule has 2 fully saturated rings. The number of anilines is 1. The molecule has 2 aliphatic rings. The van der Waals surface area contributed by atoms with Crippen LogP contribution >= 0.6 is 11.6 Å². The van der Waals surface area contributed by atoms with E-state index in [1.54, 1.807) is 6.07 Å². The standard InChI is InChI=1S/C18H24ClN3O3/c1-13-10-15(22(24)25)12-16(19)18(13)21-8-4-14(5-9-21)11-17(23)20-6-2-3-7-20/h10,12,14H,2-9,11H2,1H3. The molecular weight excluding hydrogens is 342 g/mol. The molecule has 0 aliphatic carbocycles. The summed E-state index contributed by atoms with van der Waals surface area (Å²) in [4.78, 5) is 27.0. The fraction of sp³-hybridized carbons (Fsp3) is 0.611. The van der Waals surface area contributed by atoms with Crippen LogP contribution in [-0.4, -0.2) is 41.9 Å². The van der Waals surface area contributed by atoms with Crippen molar-refractivity contribution in [3.05, 3.63) is 32.8 Å². The van der Waals surface area contributed by atoms with E-state index in [1.807, 2.05) is 11.8 Å². The van der Waals surface area contributed by atoms with Crippen molar-refractivity contribution in [1.29, 1.82) is 0 Å². The predicted molar refractivity (Wildman–Crippen MR) is 98.2 cm³/mol. The van der Waals surface area contributed by atoms with Crippen LogP contribution in [-0.2, 0) is 4.79 Å². The fourth-order valence-corrected chi connectivity index (χ4v) is 4.31. The number of aryl methyl sites for hydroxylation is 1. The number of amides is 1. The molecule has 1 amide bonds. The minimum Gasteiger partial charge on any atom is -0.370 e. The number of carbonyl (C=O) groups excluding carboxylic acids is 1. The zero-order valence-electron chi connectivity index (χ0n) is 14.5. The van der Waals surface area contributed by atoms with Gasteiger partial charge in [0.25, 0.3) is 5.69 Å². The summed E-state index contributed by atoms with van der Waals surface area (Å²) in [6.45, 7) is 5.34. The first-order chi connectivity index (χ1) is 12.0. The average molecular weight is 366 g/mol. The van der Waals surface area contributed by atoms with Gasteiger partial charge in [0.2, 0.25) is 5.91 Å². The number of hydrogen-bond donors (Lipinski definition) is 0. The monoisotopic (exact) mass is 365 g/mol. The summed E-state index contributed by atoms with van der Waals surface area (Å²) < 4.78 is 0. The maximum absolute atomic E-state index is 12.3. The van der Waals surface area contributed by atoms with E-state index in [2.05, 4.69) is 4.90 Å². The lowest BCUT2D eigenvalue weighted by Gasteiger charge is -2.35. The van der Waals surface area contributed by atoms with Crippen LogP contribution in [0.3, 0.4) is 0 Å². The quantitative estimate of drug-likeness (QED) is 0.601. The molecule has 2 aliphatic heterocycles. The van der Waals surface area contributed by atoms with Gasteiger partial charge in [0, 0.05) is 44.7 Å². The van der Waals surface area contributed by atoms with Crippen molar-refractivity contribution in [3.8, 4) is 0 Å². The zero-order chi connectivity index (χ0) is 18.0. The van der Waals surface area contributed by atoms with Gasteiger partial charge in [0.1, 0.15) is 0 Å². The van der Waals surface area contributed by atoms with E-state index in [1.165, 1.54) is 6.07 Å². The number of piperidine rings is 1. The molecule has 6 nitrogen and oxygen atoms in total. The maximum Gasteiger partial charge on any atom is 0.271 e. The minimum atomic E-state index is -0.418. The van der Waals surface area contributed by atoms with Crippen molar-refractivity contribution in [1.82, 2.24) is 4.90 Å². The van der Waals surface area contributed by atoms with E-state index in [9.17, 15) is 14.9 Å². The highest BCUT2D eigenvalue weighted by Gasteiger charge is 2.27. The average Bonchev–Trinajstić information content (AvgIpc) is 3.10. The second kappa shape index (κ2) is 7.60. The Bertz CT molecular complexity index is 643. The second-order valence-electron chi connectivity index (χ2n) is 7.07. The lowest BCUT2D eigenvalue weighted by atomic mass is 9.92. The molecule has 3 rings (SSSR count). The van der Waals surface area contributed by atoms with Crippen molar-refractivity contribution in [2.75, 3.05) is 31.1 Å². The Morgan fingerprint density at radius 1 is 1.24 bits per heavy atom. The molecule has 0 N–H and O–H groups in total. The number of non-ortho nitro benzene ring substituents is 1. The molecule has 0 radical (unpaired) electrons. The van der Waals surface area contributed by atoms with E-state index in [0.29, 0.717) is 23.3 Å². The third-order valence-corrected chi connectivity index (χ3v) is 5.59. The van der Waals surface area contributed by atoms with Crippen molar-refractivity contribution in [2.45, 2.75) is 39.0 Å². The molecule has 2 heterocycles. The Kier molecular flexibility index (Phi) is 5.47. The highest BCUT2D eigenvalue weighted by atomic mass is 35.5. The van der Waals surface area contributed by atoms with Gasteiger partial charge in [-0.2, -0.15) is 0 Å². The molecule has 136 valence electrons. The highest BCUT2D eigenvalue weighted by molar-refractivity contribution is 6.33. The van der Waals surface area contributed by atoms with Gasteiger partial charge in [0.15, 0.2) is 0 Å². The van der Waals surface area contributed by atoms with Crippen LogP contribution in [0.4, 0.5) is 11.4 Å². The van der Waals surface area contributed by atoms with Crippen molar-refractivity contribution < 1.29 is 9.72 Å². The molecular formula is C18H24ClN3O3. The van der Waals surface area contributed by atoms with Crippen LogP contribution in [0.1, 0.15) is 37.7 Å². The normalized spacial score (nSPS) is 18.6. The summed E-state index contributed by atoms with van der Waals surface area (Å²) in [5.41, 5.74) is 1.74. The number of benzene rings is 1. The van der Waals surface area contributed by atoms with E-state index >= 15 is 0 Å². The maximum atomic E-state index is 12.3. The van der Waals surface area contributed by atoms with Gasteiger partial charge in [-0.3, -0.25) is 14.9 Å². The van der Waals surface area contributed by atoms with Crippen LogP contribution in [0.2, 0.25) is 5.02 Å². The largest absolute Gasteiger partial charge is 0.370 e. The molecule has 0 spiro atoms. The molecule has 0 saturated carbocycles. The molecule has 1 aromatic rings. The summed E-state index contributed by atoms with van der Waals surface area (Å²) in [6.07, 6.45) is 4.80. The van der Waals surface area contributed by atoms with Crippen molar-refractivity contribution in [3.63, 3.8) is 0 Å².